The van der Waals surface area contributed by atoms with Gasteiger partial charge in [0.2, 0.25) is 50.5 Å². The van der Waals surface area contributed by atoms with Gasteiger partial charge in [-0.1, -0.05) is 60.7 Å². The lowest BCUT2D eigenvalue weighted by Gasteiger charge is -2.33. The van der Waals surface area contributed by atoms with Crippen molar-refractivity contribution in [3.63, 3.8) is 0 Å². The number of Topliss-reactive ketones (excluding diaryl/α,β-unsaturated/α-hetero) is 1. The summed E-state index contributed by atoms with van der Waals surface area (Å²) >= 11 is 0. The van der Waals surface area contributed by atoms with Gasteiger partial charge in [-0.05, 0) is 98.3 Å². The highest BCUT2D eigenvalue weighted by molar-refractivity contribution is 7.89. The predicted molar refractivity (Wildman–Crippen MR) is 261 cm³/mol. The van der Waals surface area contributed by atoms with Crippen LogP contribution < -0.4 is 25.1 Å². The number of nitrogens with one attached hydrogen (secondary N) is 1. The first kappa shape index (κ1) is 53.4. The number of aromatic nitrogens is 2. The zero-order valence-corrected chi connectivity index (χ0v) is 41.2. The number of hydrogen-bond donors (Lipinski definition) is 3. The minimum absolute atomic E-state index is 0.00270. The number of fused-ring (bicyclic) bond motifs is 1. The molecule has 1 atom stereocenters. The Balaban J connectivity index is 1.26. The normalized spacial score (nSPS) is 12.5. The second kappa shape index (κ2) is 24.7. The van der Waals surface area contributed by atoms with E-state index >= 15 is 0 Å². The third-order valence-corrected chi connectivity index (χ3v) is 13.6. The number of sulfonamides is 2. The van der Waals surface area contributed by atoms with Crippen LogP contribution in [0, 0.1) is 0 Å². The summed E-state index contributed by atoms with van der Waals surface area (Å²) in [4.78, 5) is 79.7. The number of ether oxygens (including phenoxy) is 2. The van der Waals surface area contributed by atoms with Crippen molar-refractivity contribution in [2.24, 2.45) is 10.3 Å². The van der Waals surface area contributed by atoms with E-state index in [0.717, 1.165) is 5.56 Å². The quantitative estimate of drug-likeness (QED) is 0.0672. The third-order valence-electron chi connectivity index (χ3n) is 11.8. The number of imidazole rings is 1. The van der Waals surface area contributed by atoms with Crippen LogP contribution in [0.4, 0.5) is 0 Å². The van der Waals surface area contributed by atoms with E-state index in [0.29, 0.717) is 47.7 Å². The molecule has 4 amide bonds. The number of nitrogens with two attached hydrogens (primary N) is 2. The zero-order chi connectivity index (χ0) is 51.1. The van der Waals surface area contributed by atoms with Crippen LogP contribution in [0.5, 0.6) is 11.5 Å². The number of carbonyl (C=O) groups is 5. The fourth-order valence-corrected chi connectivity index (χ4v) is 8.82. The summed E-state index contributed by atoms with van der Waals surface area (Å²) in [6.07, 6.45) is 6.35. The van der Waals surface area contributed by atoms with E-state index in [1.54, 1.807) is 55.0 Å². The Morgan fingerprint density at radius 3 is 1.82 bits per heavy atom. The average molecular weight is 1010 g/mol. The van der Waals surface area contributed by atoms with Gasteiger partial charge in [0.25, 0.3) is 0 Å². The first-order chi connectivity index (χ1) is 33.8. The minimum atomic E-state index is -3.99. The van der Waals surface area contributed by atoms with Crippen LogP contribution in [0.15, 0.2) is 126 Å². The van der Waals surface area contributed by atoms with E-state index in [1.165, 1.54) is 50.8 Å². The smallest absolute Gasteiger partial charge is 0.242 e. The lowest BCUT2D eigenvalue weighted by atomic mass is 10.1. The van der Waals surface area contributed by atoms with Crippen molar-refractivity contribution in [1.82, 2.24) is 34.5 Å². The lowest BCUT2D eigenvalue weighted by Crippen LogP contribution is -2.51. The molecule has 1 aliphatic heterocycles. The van der Waals surface area contributed by atoms with Crippen molar-refractivity contribution in [2.75, 3.05) is 59.2 Å². The topological polar surface area (TPSA) is 267 Å². The maximum atomic E-state index is 14.8. The van der Waals surface area contributed by atoms with E-state index in [-0.39, 0.29) is 73.8 Å². The number of amides is 4. The van der Waals surface area contributed by atoms with E-state index < -0.39 is 63.4 Å². The molecule has 1 aromatic heterocycles. The van der Waals surface area contributed by atoms with Crippen LogP contribution in [0.2, 0.25) is 0 Å². The second-order valence-electron chi connectivity index (χ2n) is 17.1. The highest BCUT2D eigenvalue weighted by Gasteiger charge is 2.30. The molecule has 22 heteroatoms. The van der Waals surface area contributed by atoms with Crippen molar-refractivity contribution in [3.8, 4) is 11.5 Å². The maximum Gasteiger partial charge on any atom is 0.242 e. The fourth-order valence-electron chi connectivity index (χ4n) is 7.79. The van der Waals surface area contributed by atoms with Gasteiger partial charge >= 0.3 is 0 Å². The SMILES string of the molecule is CC(=O)CN(CCc1ccc(S(N)(=O)=O)cc1)C(=O)CN(Cc1ccc2c(c1)OCO2)C(=O)CN(CCc1ccc(S(N)(=O)=O)cc1)C(=O)CN(C(=O)CNCCCn1ccnc1)C(C)c1ccccc1. The summed E-state index contributed by atoms with van der Waals surface area (Å²) in [5.41, 5.74) is 2.63. The number of hydrogen-bond acceptors (Lipinski definition) is 13. The average Bonchev–Trinajstić information content (AvgIpc) is 4.05. The standard InChI is InChI=1S/C49H59N9O11S2/c1-36(59)29-55(24-19-38-9-14-42(15-10-38)70(50,64)65)47(61)32-57(30-40-13-18-44-45(27-40)69-35-68-44)48(62)31-56(25-20-39-11-16-43(17-12-39)71(51,66)67)49(63)33-58(37(2)41-7-4-3-5-8-41)46(60)28-52-21-6-23-54-26-22-53-34-54/h3-5,7-18,22,26-27,34,37,52H,6,19-21,23-25,28-33,35H2,1-2H3,(H2,50,64,65)(H2,51,66,67). The number of primary sulfonamides is 2. The maximum absolute atomic E-state index is 14.8. The summed E-state index contributed by atoms with van der Waals surface area (Å²) in [5.74, 6) is -1.53. The van der Waals surface area contributed by atoms with Crippen LogP contribution in [0.3, 0.4) is 0 Å². The largest absolute Gasteiger partial charge is 0.454 e. The fraction of sp³-hybridized carbons (Fsp3) is 0.347. The Labute approximate surface area is 413 Å². The Hall–Kier alpha value is -6.98. The number of carbonyl (C=O) groups excluding carboxylic acids is 5. The number of rotatable bonds is 26. The summed E-state index contributed by atoms with van der Waals surface area (Å²) in [6, 6.07) is 25.3. The molecular weight excluding hydrogens is 955 g/mol. The van der Waals surface area contributed by atoms with Crippen molar-refractivity contribution in [3.05, 3.63) is 138 Å². The minimum Gasteiger partial charge on any atom is -0.454 e. The second-order valence-corrected chi connectivity index (χ2v) is 20.2. The van der Waals surface area contributed by atoms with Gasteiger partial charge in [-0.2, -0.15) is 0 Å². The molecule has 4 aromatic carbocycles. The van der Waals surface area contributed by atoms with Gasteiger partial charge < -0.3 is 39.0 Å². The Morgan fingerprint density at radius 2 is 1.24 bits per heavy atom. The molecule has 1 aliphatic rings. The van der Waals surface area contributed by atoms with E-state index in [2.05, 4.69) is 10.3 Å². The van der Waals surface area contributed by atoms with Gasteiger partial charge in [-0.3, -0.25) is 24.0 Å². The number of aryl methyl sites for hydroxylation is 1. The summed E-state index contributed by atoms with van der Waals surface area (Å²) in [5, 5.41) is 13.8. The monoisotopic (exact) mass is 1010 g/mol. The molecule has 0 saturated heterocycles. The molecule has 0 spiro atoms. The van der Waals surface area contributed by atoms with Gasteiger partial charge in [-0.15, -0.1) is 0 Å². The summed E-state index contributed by atoms with van der Waals surface area (Å²) in [7, 11) is -7.93. The van der Waals surface area contributed by atoms with E-state index in [4.69, 9.17) is 19.8 Å². The van der Waals surface area contributed by atoms with Crippen LogP contribution >= 0.6 is 0 Å². The Kier molecular flexibility index (Phi) is 18.6. The molecule has 5 N–H and O–H groups in total. The first-order valence-electron chi connectivity index (χ1n) is 22.8. The van der Waals surface area contributed by atoms with Gasteiger partial charge in [-0.25, -0.2) is 32.1 Å². The van der Waals surface area contributed by atoms with Crippen LogP contribution in [0.25, 0.3) is 0 Å². The molecule has 5 aromatic rings. The molecule has 20 nitrogen and oxygen atoms in total. The third kappa shape index (κ3) is 16.0. The highest BCUT2D eigenvalue weighted by atomic mass is 32.2. The molecule has 1 unspecified atom stereocenters. The van der Waals surface area contributed by atoms with Crippen LogP contribution in [-0.4, -0.2) is 135 Å². The summed E-state index contributed by atoms with van der Waals surface area (Å²) < 4.78 is 60.7. The van der Waals surface area contributed by atoms with Crippen molar-refractivity contribution < 1.29 is 50.3 Å². The summed E-state index contributed by atoms with van der Waals surface area (Å²) in [6.45, 7) is 2.36. The molecule has 0 fully saturated rings. The van der Waals surface area contributed by atoms with Gasteiger partial charge in [0.05, 0.1) is 41.8 Å². The van der Waals surface area contributed by atoms with E-state index in [1.807, 2.05) is 48.0 Å². The number of benzene rings is 4. The number of ketones is 1. The van der Waals surface area contributed by atoms with Gasteiger partial charge in [0.1, 0.15) is 18.9 Å². The van der Waals surface area contributed by atoms with Crippen molar-refractivity contribution >= 4 is 49.5 Å². The van der Waals surface area contributed by atoms with Gasteiger partial charge in [0, 0.05) is 38.6 Å². The van der Waals surface area contributed by atoms with Crippen molar-refractivity contribution in [1.29, 1.82) is 0 Å². The molecule has 6 rings (SSSR count). The molecule has 0 saturated carbocycles. The Morgan fingerprint density at radius 1 is 0.690 bits per heavy atom. The highest BCUT2D eigenvalue weighted by Crippen LogP contribution is 2.33. The first-order valence-corrected chi connectivity index (χ1v) is 25.9. The van der Waals surface area contributed by atoms with Crippen molar-refractivity contribution in [2.45, 2.75) is 62.0 Å². The molecular formula is C49H59N9O11S2. The van der Waals surface area contributed by atoms with Crippen LogP contribution in [-0.2, 0) is 70.0 Å². The molecule has 0 aliphatic carbocycles. The Bertz CT molecular complexity index is 2850. The van der Waals surface area contributed by atoms with E-state index in [9.17, 15) is 40.8 Å². The predicted octanol–water partition coefficient (Wildman–Crippen LogP) is 2.24. The molecule has 0 radical (unpaired) electrons. The zero-order valence-electron chi connectivity index (χ0n) is 39.6. The van der Waals surface area contributed by atoms with Gasteiger partial charge in [0.15, 0.2) is 11.5 Å². The number of nitrogens with zero attached hydrogens (tertiary/aromatic N) is 6. The molecule has 0 bridgehead atoms. The lowest BCUT2D eigenvalue weighted by molar-refractivity contribution is -0.147. The molecule has 378 valence electrons. The molecule has 2 heterocycles. The molecule has 71 heavy (non-hydrogen) atoms. The van der Waals surface area contributed by atoms with Crippen LogP contribution in [0.1, 0.15) is 48.6 Å².